The Balaban J connectivity index is 1.71. The van der Waals surface area contributed by atoms with Gasteiger partial charge in [0.05, 0.1) is 11.5 Å². The van der Waals surface area contributed by atoms with Crippen LogP contribution in [0, 0.1) is 0 Å². The lowest BCUT2D eigenvalue weighted by molar-refractivity contribution is -0.143. The minimum atomic E-state index is -1.07. The normalized spacial score (nSPS) is 20.4. The van der Waals surface area contributed by atoms with Gasteiger partial charge in [0.2, 0.25) is 5.91 Å². The van der Waals surface area contributed by atoms with Gasteiger partial charge in [-0.1, -0.05) is 61.7 Å². The maximum atomic E-state index is 13.7. The summed E-state index contributed by atoms with van der Waals surface area (Å²) in [4.78, 5) is 28.0. The van der Waals surface area contributed by atoms with E-state index in [0.29, 0.717) is 39.0 Å². The number of nitrogens with zero attached hydrogens (tertiary/aromatic N) is 2. The minimum absolute atomic E-state index is 0.0872. The lowest BCUT2D eigenvalue weighted by atomic mass is 9.71. The fourth-order valence-electron chi connectivity index (χ4n) is 4.91. The molecule has 0 spiro atoms. The van der Waals surface area contributed by atoms with Crippen molar-refractivity contribution >= 4 is 22.8 Å². The van der Waals surface area contributed by atoms with Crippen molar-refractivity contribution in [2.45, 2.75) is 43.6 Å². The van der Waals surface area contributed by atoms with Gasteiger partial charge in [-0.2, -0.15) is 0 Å². The number of amides is 2. The van der Waals surface area contributed by atoms with Crippen molar-refractivity contribution in [1.29, 1.82) is 0 Å². The number of benzene rings is 2. The molecule has 2 amide bonds. The molecule has 4 rings (SSSR count). The molecule has 2 aromatic carbocycles. The van der Waals surface area contributed by atoms with E-state index in [1.165, 1.54) is 4.90 Å². The SMILES string of the molecule is O=C(O)N1CCN(C(=O)C(c2cccc3ccccc23)C2(O)CCCCC2)CC1. The van der Waals surface area contributed by atoms with Gasteiger partial charge in [0.1, 0.15) is 0 Å². The van der Waals surface area contributed by atoms with Crippen LogP contribution in [-0.4, -0.2) is 63.8 Å². The molecule has 2 aliphatic rings. The summed E-state index contributed by atoms with van der Waals surface area (Å²) in [5, 5.41) is 22.9. The van der Waals surface area contributed by atoms with E-state index in [0.717, 1.165) is 35.6 Å². The van der Waals surface area contributed by atoms with Crippen LogP contribution < -0.4 is 0 Å². The molecule has 154 valence electrons. The van der Waals surface area contributed by atoms with E-state index in [9.17, 15) is 19.8 Å². The first-order chi connectivity index (χ1) is 14.0. The first-order valence-corrected chi connectivity index (χ1v) is 10.5. The average Bonchev–Trinajstić information content (AvgIpc) is 2.74. The number of hydrogen-bond donors (Lipinski definition) is 2. The molecule has 1 saturated heterocycles. The maximum Gasteiger partial charge on any atom is 0.407 e. The number of aliphatic hydroxyl groups is 1. The van der Waals surface area contributed by atoms with Gasteiger partial charge in [-0.05, 0) is 29.2 Å². The first-order valence-electron chi connectivity index (χ1n) is 10.5. The van der Waals surface area contributed by atoms with Crippen molar-refractivity contribution in [2.75, 3.05) is 26.2 Å². The van der Waals surface area contributed by atoms with Crippen LogP contribution in [0.3, 0.4) is 0 Å². The molecular weight excluding hydrogens is 368 g/mol. The van der Waals surface area contributed by atoms with Crippen LogP contribution in [-0.2, 0) is 4.79 Å². The van der Waals surface area contributed by atoms with Gasteiger partial charge >= 0.3 is 6.09 Å². The molecule has 1 unspecified atom stereocenters. The second-order valence-corrected chi connectivity index (χ2v) is 8.26. The number of rotatable bonds is 3. The monoisotopic (exact) mass is 396 g/mol. The van der Waals surface area contributed by atoms with Crippen LogP contribution in [0.1, 0.15) is 43.6 Å². The topological polar surface area (TPSA) is 81.1 Å². The molecule has 2 aromatic rings. The third-order valence-electron chi connectivity index (χ3n) is 6.50. The van der Waals surface area contributed by atoms with Crippen molar-refractivity contribution < 1.29 is 19.8 Å². The van der Waals surface area contributed by atoms with Crippen LogP contribution in [0.25, 0.3) is 10.8 Å². The second kappa shape index (κ2) is 8.03. The van der Waals surface area contributed by atoms with Crippen LogP contribution >= 0.6 is 0 Å². The fraction of sp³-hybridized carbons (Fsp3) is 0.478. The van der Waals surface area contributed by atoms with Crippen LogP contribution in [0.4, 0.5) is 4.79 Å². The molecular formula is C23H28N2O4. The minimum Gasteiger partial charge on any atom is -0.465 e. The summed E-state index contributed by atoms with van der Waals surface area (Å²) in [5.74, 6) is -0.721. The predicted molar refractivity (Wildman–Crippen MR) is 111 cm³/mol. The van der Waals surface area contributed by atoms with Crippen LogP contribution in [0.15, 0.2) is 42.5 Å². The van der Waals surface area contributed by atoms with Crippen LogP contribution in [0.5, 0.6) is 0 Å². The van der Waals surface area contributed by atoms with Crippen molar-refractivity contribution in [1.82, 2.24) is 9.80 Å². The van der Waals surface area contributed by atoms with E-state index in [2.05, 4.69) is 0 Å². The highest BCUT2D eigenvalue weighted by molar-refractivity contribution is 5.94. The Labute approximate surface area is 170 Å². The molecule has 1 heterocycles. The Morgan fingerprint density at radius 3 is 2.17 bits per heavy atom. The van der Waals surface area contributed by atoms with E-state index < -0.39 is 17.6 Å². The molecule has 2 N–H and O–H groups in total. The molecule has 0 bridgehead atoms. The molecule has 0 radical (unpaired) electrons. The van der Waals surface area contributed by atoms with Gasteiger partial charge in [0.25, 0.3) is 0 Å². The second-order valence-electron chi connectivity index (χ2n) is 8.26. The number of piperazine rings is 1. The zero-order valence-corrected chi connectivity index (χ0v) is 16.6. The summed E-state index contributed by atoms with van der Waals surface area (Å²) in [7, 11) is 0. The molecule has 29 heavy (non-hydrogen) atoms. The Kier molecular flexibility index (Phi) is 5.46. The molecule has 1 saturated carbocycles. The molecule has 1 aliphatic heterocycles. The van der Waals surface area contributed by atoms with Gasteiger partial charge < -0.3 is 20.0 Å². The van der Waals surface area contributed by atoms with Gasteiger partial charge in [-0.15, -0.1) is 0 Å². The number of carbonyl (C=O) groups is 2. The Morgan fingerprint density at radius 1 is 0.862 bits per heavy atom. The summed E-state index contributed by atoms with van der Waals surface area (Å²) in [5.41, 5.74) is -0.193. The first kappa shape index (κ1) is 19.7. The third-order valence-corrected chi connectivity index (χ3v) is 6.50. The van der Waals surface area contributed by atoms with Gasteiger partial charge in [-0.25, -0.2) is 4.79 Å². The highest BCUT2D eigenvalue weighted by atomic mass is 16.4. The largest absolute Gasteiger partial charge is 0.465 e. The number of carbonyl (C=O) groups excluding carboxylic acids is 1. The zero-order chi connectivity index (χ0) is 20.4. The number of hydrogen-bond acceptors (Lipinski definition) is 3. The molecule has 0 aromatic heterocycles. The quantitative estimate of drug-likeness (QED) is 0.833. The predicted octanol–water partition coefficient (Wildman–Crippen LogP) is 3.44. The molecule has 6 nitrogen and oxygen atoms in total. The summed E-state index contributed by atoms with van der Waals surface area (Å²) in [6, 6.07) is 13.9. The highest BCUT2D eigenvalue weighted by Gasteiger charge is 2.45. The Bertz CT molecular complexity index is 893. The lowest BCUT2D eigenvalue weighted by Crippen LogP contribution is -2.54. The van der Waals surface area contributed by atoms with Gasteiger partial charge in [0, 0.05) is 26.2 Å². The smallest absolute Gasteiger partial charge is 0.407 e. The summed E-state index contributed by atoms with van der Waals surface area (Å²) in [6.07, 6.45) is 3.18. The average molecular weight is 396 g/mol. The molecule has 1 atom stereocenters. The molecule has 1 aliphatic carbocycles. The Hall–Kier alpha value is -2.60. The van der Waals surface area contributed by atoms with Crippen LogP contribution in [0.2, 0.25) is 0 Å². The molecule has 2 fully saturated rings. The highest BCUT2D eigenvalue weighted by Crippen LogP contribution is 2.43. The van der Waals surface area contributed by atoms with E-state index >= 15 is 0 Å². The van der Waals surface area contributed by atoms with E-state index in [4.69, 9.17) is 0 Å². The summed E-state index contributed by atoms with van der Waals surface area (Å²) >= 11 is 0. The van der Waals surface area contributed by atoms with E-state index in [1.807, 2.05) is 42.5 Å². The van der Waals surface area contributed by atoms with E-state index in [1.54, 1.807) is 4.90 Å². The van der Waals surface area contributed by atoms with E-state index in [-0.39, 0.29) is 5.91 Å². The Morgan fingerprint density at radius 2 is 1.48 bits per heavy atom. The molecule has 6 heteroatoms. The summed E-state index contributed by atoms with van der Waals surface area (Å²) < 4.78 is 0. The standard InChI is InChI=1S/C23H28N2O4/c26-21(24-13-15-25(16-14-24)22(27)28)20(23(29)11-4-1-5-12-23)19-10-6-8-17-7-2-3-9-18(17)19/h2-3,6-10,20,29H,1,4-5,11-16H2,(H,27,28). The maximum absolute atomic E-state index is 13.7. The zero-order valence-electron chi connectivity index (χ0n) is 16.6. The number of carboxylic acid groups (broad SMARTS) is 1. The van der Waals surface area contributed by atoms with Crippen molar-refractivity contribution in [3.8, 4) is 0 Å². The van der Waals surface area contributed by atoms with Gasteiger partial charge in [-0.3, -0.25) is 4.79 Å². The fourth-order valence-corrected chi connectivity index (χ4v) is 4.91. The third kappa shape index (κ3) is 3.81. The van der Waals surface area contributed by atoms with Crippen molar-refractivity contribution in [2.24, 2.45) is 0 Å². The number of fused-ring (bicyclic) bond motifs is 1. The summed E-state index contributed by atoms with van der Waals surface area (Å²) in [6.45, 7) is 1.34. The van der Waals surface area contributed by atoms with Gasteiger partial charge in [0.15, 0.2) is 0 Å². The lowest BCUT2D eigenvalue weighted by Gasteiger charge is -2.42. The van der Waals surface area contributed by atoms with Crippen molar-refractivity contribution in [3.63, 3.8) is 0 Å². The van der Waals surface area contributed by atoms with Crippen molar-refractivity contribution in [3.05, 3.63) is 48.0 Å².